The molecule has 27 heavy (non-hydrogen) atoms. The summed E-state index contributed by atoms with van der Waals surface area (Å²) < 4.78 is 39.3. The molecule has 0 bridgehead atoms. The molecule has 1 aliphatic rings. The zero-order valence-electron chi connectivity index (χ0n) is 14.8. The van der Waals surface area contributed by atoms with E-state index in [1.807, 2.05) is 24.3 Å². The molecular formula is C18H20ClF3N4O. The van der Waals surface area contributed by atoms with Gasteiger partial charge in [0.15, 0.2) is 5.69 Å². The second-order valence-electron chi connectivity index (χ2n) is 6.57. The molecule has 2 aromatic rings. The van der Waals surface area contributed by atoms with E-state index in [9.17, 15) is 18.0 Å². The molecule has 0 atom stereocenters. The first-order valence-corrected chi connectivity index (χ1v) is 8.97. The number of halogens is 4. The highest BCUT2D eigenvalue weighted by Crippen LogP contribution is 2.28. The molecule has 0 saturated carbocycles. The molecule has 2 heterocycles. The van der Waals surface area contributed by atoms with Gasteiger partial charge in [-0.15, -0.1) is 0 Å². The Morgan fingerprint density at radius 1 is 1.19 bits per heavy atom. The third-order valence-corrected chi connectivity index (χ3v) is 5.00. The van der Waals surface area contributed by atoms with E-state index in [1.54, 1.807) is 4.90 Å². The minimum absolute atomic E-state index is 0.188. The van der Waals surface area contributed by atoms with E-state index in [2.05, 4.69) is 10.00 Å². The molecule has 0 aliphatic carbocycles. The van der Waals surface area contributed by atoms with Gasteiger partial charge in [-0.1, -0.05) is 29.8 Å². The molecule has 0 spiro atoms. The molecule has 0 unspecified atom stereocenters. The van der Waals surface area contributed by atoms with E-state index in [4.69, 9.17) is 11.6 Å². The van der Waals surface area contributed by atoms with E-state index >= 15 is 0 Å². The highest BCUT2D eigenvalue weighted by molar-refractivity contribution is 6.31. The number of hydrogen-bond acceptors (Lipinski definition) is 3. The number of benzene rings is 1. The standard InChI is InChI=1S/C18H20ClF3N4O/c1-13-10-16(18(20,21)22)23-26(13)12-17(27)25-8-6-24(7-9-25)11-14-4-2-3-5-15(14)19/h2-5,10H,6-9,11-12H2,1H3. The molecule has 5 nitrogen and oxygen atoms in total. The van der Waals surface area contributed by atoms with Crippen molar-refractivity contribution in [1.29, 1.82) is 0 Å². The normalized spacial score (nSPS) is 16.0. The lowest BCUT2D eigenvalue weighted by molar-refractivity contribution is -0.142. The summed E-state index contributed by atoms with van der Waals surface area (Å²) in [6.07, 6.45) is -4.51. The highest BCUT2D eigenvalue weighted by Gasteiger charge is 2.34. The van der Waals surface area contributed by atoms with Gasteiger partial charge in [0.05, 0.1) is 0 Å². The Morgan fingerprint density at radius 2 is 1.85 bits per heavy atom. The highest BCUT2D eigenvalue weighted by atomic mass is 35.5. The quantitative estimate of drug-likeness (QED) is 0.791. The first kappa shape index (κ1) is 19.7. The lowest BCUT2D eigenvalue weighted by Crippen LogP contribution is -2.49. The van der Waals surface area contributed by atoms with E-state index < -0.39 is 11.9 Å². The van der Waals surface area contributed by atoms with Gasteiger partial charge in [0, 0.05) is 43.4 Å². The maximum absolute atomic E-state index is 12.7. The van der Waals surface area contributed by atoms with Crippen LogP contribution in [-0.2, 0) is 24.1 Å². The van der Waals surface area contributed by atoms with Crippen molar-refractivity contribution in [2.24, 2.45) is 0 Å². The van der Waals surface area contributed by atoms with Crippen LogP contribution in [0.3, 0.4) is 0 Å². The third-order valence-electron chi connectivity index (χ3n) is 4.63. The number of nitrogens with zero attached hydrogens (tertiary/aromatic N) is 4. The van der Waals surface area contributed by atoms with Crippen molar-refractivity contribution in [3.05, 3.63) is 52.3 Å². The maximum Gasteiger partial charge on any atom is 0.435 e. The number of aromatic nitrogens is 2. The van der Waals surface area contributed by atoms with E-state index in [0.29, 0.717) is 43.4 Å². The Bertz CT molecular complexity index is 813. The van der Waals surface area contributed by atoms with Crippen molar-refractivity contribution in [3.8, 4) is 0 Å². The molecule has 1 amide bonds. The second-order valence-corrected chi connectivity index (χ2v) is 6.98. The number of rotatable bonds is 4. The van der Waals surface area contributed by atoms with Crippen molar-refractivity contribution in [1.82, 2.24) is 19.6 Å². The lowest BCUT2D eigenvalue weighted by atomic mass is 10.2. The molecular weight excluding hydrogens is 381 g/mol. The van der Waals surface area contributed by atoms with Crippen LogP contribution in [0.25, 0.3) is 0 Å². The van der Waals surface area contributed by atoms with Crippen molar-refractivity contribution in [2.75, 3.05) is 26.2 Å². The van der Waals surface area contributed by atoms with Crippen LogP contribution in [0.15, 0.2) is 30.3 Å². The van der Waals surface area contributed by atoms with E-state index in [-0.39, 0.29) is 12.5 Å². The van der Waals surface area contributed by atoms with Gasteiger partial charge in [-0.05, 0) is 24.6 Å². The number of hydrogen-bond donors (Lipinski definition) is 0. The Hall–Kier alpha value is -2.06. The number of alkyl halides is 3. The van der Waals surface area contributed by atoms with Crippen LogP contribution in [-0.4, -0.2) is 51.7 Å². The molecule has 1 fully saturated rings. The van der Waals surface area contributed by atoms with Gasteiger partial charge in [0.1, 0.15) is 6.54 Å². The monoisotopic (exact) mass is 400 g/mol. The molecule has 3 rings (SSSR count). The predicted octanol–water partition coefficient (Wildman–Crippen LogP) is 3.21. The van der Waals surface area contributed by atoms with Crippen molar-refractivity contribution in [2.45, 2.75) is 26.2 Å². The maximum atomic E-state index is 12.7. The summed E-state index contributed by atoms with van der Waals surface area (Å²) >= 11 is 6.18. The average Bonchev–Trinajstić information content (AvgIpc) is 2.98. The first-order chi connectivity index (χ1) is 12.7. The summed E-state index contributed by atoms with van der Waals surface area (Å²) in [5.74, 6) is -0.229. The Morgan fingerprint density at radius 3 is 2.44 bits per heavy atom. The Kier molecular flexibility index (Phi) is 5.76. The Balaban J connectivity index is 1.54. The molecule has 1 aliphatic heterocycles. The van der Waals surface area contributed by atoms with Crippen molar-refractivity contribution < 1.29 is 18.0 Å². The molecule has 146 valence electrons. The van der Waals surface area contributed by atoms with Crippen LogP contribution in [0, 0.1) is 6.92 Å². The number of carbonyl (C=O) groups excluding carboxylic acids is 1. The minimum Gasteiger partial charge on any atom is -0.339 e. The van der Waals surface area contributed by atoms with Crippen LogP contribution < -0.4 is 0 Å². The summed E-state index contributed by atoms with van der Waals surface area (Å²) in [7, 11) is 0. The second kappa shape index (κ2) is 7.90. The van der Waals surface area contributed by atoms with Crippen LogP contribution in [0.1, 0.15) is 17.0 Å². The number of amides is 1. The Labute approximate surface area is 160 Å². The average molecular weight is 401 g/mol. The predicted molar refractivity (Wildman–Crippen MR) is 95.3 cm³/mol. The fourth-order valence-corrected chi connectivity index (χ4v) is 3.26. The topological polar surface area (TPSA) is 41.4 Å². The van der Waals surface area contributed by atoms with Crippen LogP contribution >= 0.6 is 11.6 Å². The SMILES string of the molecule is Cc1cc(C(F)(F)F)nn1CC(=O)N1CCN(Cc2ccccc2Cl)CC1. The smallest absolute Gasteiger partial charge is 0.339 e. The zero-order valence-corrected chi connectivity index (χ0v) is 15.6. The van der Waals surface area contributed by atoms with Gasteiger partial charge in [0.2, 0.25) is 5.91 Å². The third kappa shape index (κ3) is 4.81. The number of aryl methyl sites for hydroxylation is 1. The van der Waals surface area contributed by atoms with Gasteiger partial charge < -0.3 is 4.90 Å². The molecule has 0 radical (unpaired) electrons. The van der Waals surface area contributed by atoms with Gasteiger partial charge in [-0.3, -0.25) is 14.4 Å². The molecule has 1 aromatic heterocycles. The lowest BCUT2D eigenvalue weighted by Gasteiger charge is -2.35. The fraction of sp³-hybridized carbons (Fsp3) is 0.444. The van der Waals surface area contributed by atoms with Gasteiger partial charge in [-0.25, -0.2) is 0 Å². The van der Waals surface area contributed by atoms with Crippen LogP contribution in [0.4, 0.5) is 13.2 Å². The summed E-state index contributed by atoms with van der Waals surface area (Å²) in [6, 6.07) is 8.58. The zero-order chi connectivity index (χ0) is 19.6. The largest absolute Gasteiger partial charge is 0.435 e. The van der Waals surface area contributed by atoms with Crippen LogP contribution in [0.5, 0.6) is 0 Å². The fourth-order valence-electron chi connectivity index (χ4n) is 3.06. The van der Waals surface area contributed by atoms with E-state index in [0.717, 1.165) is 16.3 Å². The first-order valence-electron chi connectivity index (χ1n) is 8.59. The van der Waals surface area contributed by atoms with E-state index in [1.165, 1.54) is 6.92 Å². The molecule has 0 N–H and O–H groups in total. The van der Waals surface area contributed by atoms with Gasteiger partial charge in [0.25, 0.3) is 0 Å². The van der Waals surface area contributed by atoms with Crippen LogP contribution in [0.2, 0.25) is 5.02 Å². The minimum atomic E-state index is -4.51. The summed E-state index contributed by atoms with van der Waals surface area (Å²) in [6.45, 7) is 4.44. The molecule has 9 heteroatoms. The van der Waals surface area contributed by atoms with Gasteiger partial charge >= 0.3 is 6.18 Å². The van der Waals surface area contributed by atoms with Gasteiger partial charge in [-0.2, -0.15) is 18.3 Å². The van der Waals surface area contributed by atoms with Crippen molar-refractivity contribution >= 4 is 17.5 Å². The number of carbonyl (C=O) groups is 1. The number of piperazine rings is 1. The van der Waals surface area contributed by atoms with Crippen molar-refractivity contribution in [3.63, 3.8) is 0 Å². The molecule has 1 saturated heterocycles. The summed E-state index contributed by atoms with van der Waals surface area (Å²) in [5.41, 5.74) is 0.371. The summed E-state index contributed by atoms with van der Waals surface area (Å²) in [4.78, 5) is 16.3. The summed E-state index contributed by atoms with van der Waals surface area (Å²) in [5, 5.41) is 4.23. The molecule has 1 aromatic carbocycles.